The number of rotatable bonds is 9. The Morgan fingerprint density at radius 1 is 1.24 bits per heavy atom. The summed E-state index contributed by atoms with van der Waals surface area (Å²) in [5.74, 6) is -0.0341. The molecule has 0 unspecified atom stereocenters. The Labute approximate surface area is 170 Å². The Hall–Kier alpha value is -3.09. The van der Waals surface area contributed by atoms with E-state index in [2.05, 4.69) is 26.8 Å². The summed E-state index contributed by atoms with van der Waals surface area (Å²) >= 11 is 0. The highest BCUT2D eigenvalue weighted by Crippen LogP contribution is 2.20. The van der Waals surface area contributed by atoms with E-state index >= 15 is 0 Å². The SMILES string of the molecule is CCn1cc(NC(=O)CCCc2c[nH]c3ccccc23)c(C(=O)NCC(C)C)n1. The van der Waals surface area contributed by atoms with Crippen molar-refractivity contribution >= 4 is 28.4 Å². The number of aryl methyl sites for hydroxylation is 2. The number of anilines is 1. The Kier molecular flexibility index (Phi) is 6.69. The summed E-state index contributed by atoms with van der Waals surface area (Å²) in [5.41, 5.74) is 3.04. The van der Waals surface area contributed by atoms with Crippen molar-refractivity contribution in [2.24, 2.45) is 5.92 Å². The number of para-hydroxylation sites is 1. The van der Waals surface area contributed by atoms with Gasteiger partial charge < -0.3 is 15.6 Å². The predicted octanol–water partition coefficient (Wildman–Crippen LogP) is 3.73. The number of carbonyl (C=O) groups excluding carboxylic acids is 2. The van der Waals surface area contributed by atoms with Crippen LogP contribution in [0.2, 0.25) is 0 Å². The van der Waals surface area contributed by atoms with Crippen molar-refractivity contribution in [2.45, 2.75) is 46.6 Å². The molecular formula is C22H29N5O2. The van der Waals surface area contributed by atoms with Crippen LogP contribution in [0.25, 0.3) is 10.9 Å². The lowest BCUT2D eigenvalue weighted by Gasteiger charge is -2.08. The first-order chi connectivity index (χ1) is 14.0. The van der Waals surface area contributed by atoms with Crippen LogP contribution >= 0.6 is 0 Å². The number of carbonyl (C=O) groups is 2. The lowest BCUT2D eigenvalue weighted by atomic mass is 10.1. The van der Waals surface area contributed by atoms with Crippen LogP contribution in [0.4, 0.5) is 5.69 Å². The van der Waals surface area contributed by atoms with E-state index in [9.17, 15) is 9.59 Å². The van der Waals surface area contributed by atoms with Gasteiger partial charge in [0.2, 0.25) is 5.91 Å². The van der Waals surface area contributed by atoms with Gasteiger partial charge in [0.05, 0.1) is 5.69 Å². The van der Waals surface area contributed by atoms with Gasteiger partial charge in [-0.3, -0.25) is 14.3 Å². The topological polar surface area (TPSA) is 91.8 Å². The second-order valence-corrected chi connectivity index (χ2v) is 7.61. The summed E-state index contributed by atoms with van der Waals surface area (Å²) in [7, 11) is 0. The molecule has 3 N–H and O–H groups in total. The summed E-state index contributed by atoms with van der Waals surface area (Å²) in [6.07, 6.45) is 5.63. The van der Waals surface area contributed by atoms with Crippen molar-refractivity contribution in [2.75, 3.05) is 11.9 Å². The minimum absolute atomic E-state index is 0.113. The number of nitrogens with one attached hydrogen (secondary N) is 3. The monoisotopic (exact) mass is 395 g/mol. The number of nitrogens with zero attached hydrogens (tertiary/aromatic N) is 2. The van der Waals surface area contributed by atoms with Gasteiger partial charge in [-0.2, -0.15) is 5.10 Å². The molecule has 7 nitrogen and oxygen atoms in total. The highest BCUT2D eigenvalue weighted by atomic mass is 16.2. The smallest absolute Gasteiger partial charge is 0.273 e. The molecule has 0 atom stereocenters. The van der Waals surface area contributed by atoms with E-state index in [0.717, 1.165) is 18.4 Å². The van der Waals surface area contributed by atoms with Crippen LogP contribution in [-0.4, -0.2) is 33.1 Å². The zero-order valence-electron chi connectivity index (χ0n) is 17.3. The average Bonchev–Trinajstić information content (AvgIpc) is 3.30. The molecule has 154 valence electrons. The Balaban J connectivity index is 1.58. The third kappa shape index (κ3) is 5.25. The number of aromatic amines is 1. The van der Waals surface area contributed by atoms with Crippen LogP contribution in [-0.2, 0) is 17.8 Å². The van der Waals surface area contributed by atoms with Crippen molar-refractivity contribution in [1.82, 2.24) is 20.1 Å². The molecule has 0 aliphatic rings. The fraction of sp³-hybridized carbons (Fsp3) is 0.409. The van der Waals surface area contributed by atoms with Gasteiger partial charge in [-0.15, -0.1) is 0 Å². The second kappa shape index (κ2) is 9.41. The summed E-state index contributed by atoms with van der Waals surface area (Å²) in [5, 5.41) is 11.2. The predicted molar refractivity (Wildman–Crippen MR) is 115 cm³/mol. The Morgan fingerprint density at radius 3 is 2.79 bits per heavy atom. The standard InChI is InChI=1S/C22H29N5O2/c1-4-27-14-19(21(26-27)22(29)24-12-15(2)3)25-20(28)11-7-8-16-13-23-18-10-6-5-9-17(16)18/h5-6,9-10,13-15,23H,4,7-8,11-12H2,1-3H3,(H,24,29)(H,25,28). The molecular weight excluding hydrogens is 366 g/mol. The fourth-order valence-electron chi connectivity index (χ4n) is 3.21. The van der Waals surface area contributed by atoms with Crippen LogP contribution in [0.3, 0.4) is 0 Å². The van der Waals surface area contributed by atoms with Crippen molar-refractivity contribution in [1.29, 1.82) is 0 Å². The van der Waals surface area contributed by atoms with Crippen molar-refractivity contribution in [3.63, 3.8) is 0 Å². The van der Waals surface area contributed by atoms with Gasteiger partial charge >= 0.3 is 0 Å². The molecule has 0 radical (unpaired) electrons. The molecule has 2 heterocycles. The van der Waals surface area contributed by atoms with Crippen molar-refractivity contribution in [3.05, 3.63) is 47.9 Å². The third-order valence-corrected chi connectivity index (χ3v) is 4.77. The molecule has 29 heavy (non-hydrogen) atoms. The molecule has 0 bridgehead atoms. The summed E-state index contributed by atoms with van der Waals surface area (Å²) in [6, 6.07) is 8.15. The lowest BCUT2D eigenvalue weighted by molar-refractivity contribution is -0.116. The number of H-pyrrole nitrogens is 1. The Bertz CT molecular complexity index is 986. The number of aromatic nitrogens is 3. The van der Waals surface area contributed by atoms with Gasteiger partial charge in [0.1, 0.15) is 0 Å². The molecule has 0 aliphatic heterocycles. The minimum Gasteiger partial charge on any atom is -0.361 e. The molecule has 0 saturated carbocycles. The summed E-state index contributed by atoms with van der Waals surface area (Å²) in [4.78, 5) is 28.1. The van der Waals surface area contributed by atoms with E-state index in [4.69, 9.17) is 0 Å². The van der Waals surface area contributed by atoms with Gasteiger partial charge in [-0.05, 0) is 37.3 Å². The molecule has 0 fully saturated rings. The maximum atomic E-state index is 12.5. The van der Waals surface area contributed by atoms with Crippen molar-refractivity contribution < 1.29 is 9.59 Å². The molecule has 0 saturated heterocycles. The largest absolute Gasteiger partial charge is 0.361 e. The number of hydrogen-bond acceptors (Lipinski definition) is 3. The highest BCUT2D eigenvalue weighted by molar-refractivity contribution is 6.02. The Morgan fingerprint density at radius 2 is 2.03 bits per heavy atom. The van der Waals surface area contributed by atoms with Gasteiger partial charge in [0.25, 0.3) is 5.91 Å². The van der Waals surface area contributed by atoms with Gasteiger partial charge in [-0.1, -0.05) is 32.0 Å². The maximum absolute atomic E-state index is 12.5. The molecule has 0 aliphatic carbocycles. The zero-order valence-corrected chi connectivity index (χ0v) is 17.3. The molecule has 2 aromatic heterocycles. The molecule has 2 amide bonds. The molecule has 3 rings (SSSR count). The van der Waals surface area contributed by atoms with E-state index in [1.807, 2.05) is 45.2 Å². The first kappa shape index (κ1) is 20.6. The zero-order chi connectivity index (χ0) is 20.8. The molecule has 7 heteroatoms. The first-order valence-corrected chi connectivity index (χ1v) is 10.2. The van der Waals surface area contributed by atoms with E-state index in [1.54, 1.807) is 10.9 Å². The average molecular weight is 396 g/mol. The van der Waals surface area contributed by atoms with Gasteiger partial charge in [0, 0.05) is 42.8 Å². The second-order valence-electron chi connectivity index (χ2n) is 7.61. The van der Waals surface area contributed by atoms with Crippen LogP contribution in [0, 0.1) is 5.92 Å². The molecule has 0 spiro atoms. The number of benzene rings is 1. The summed E-state index contributed by atoms with van der Waals surface area (Å²) in [6.45, 7) is 7.19. The van der Waals surface area contributed by atoms with Crippen LogP contribution in [0.1, 0.15) is 49.7 Å². The number of hydrogen-bond donors (Lipinski definition) is 3. The third-order valence-electron chi connectivity index (χ3n) is 4.77. The molecule has 1 aromatic carbocycles. The van der Waals surface area contributed by atoms with E-state index in [-0.39, 0.29) is 17.5 Å². The number of fused-ring (bicyclic) bond motifs is 1. The lowest BCUT2D eigenvalue weighted by Crippen LogP contribution is -2.28. The van der Waals surface area contributed by atoms with Crippen LogP contribution in [0.5, 0.6) is 0 Å². The first-order valence-electron chi connectivity index (χ1n) is 10.2. The molecule has 3 aromatic rings. The van der Waals surface area contributed by atoms with Crippen molar-refractivity contribution in [3.8, 4) is 0 Å². The summed E-state index contributed by atoms with van der Waals surface area (Å²) < 4.78 is 1.66. The number of amides is 2. The minimum atomic E-state index is -0.264. The van der Waals surface area contributed by atoms with Gasteiger partial charge in [0.15, 0.2) is 5.69 Å². The van der Waals surface area contributed by atoms with E-state index < -0.39 is 0 Å². The maximum Gasteiger partial charge on any atom is 0.273 e. The van der Waals surface area contributed by atoms with Crippen LogP contribution < -0.4 is 10.6 Å². The van der Waals surface area contributed by atoms with E-state index in [1.165, 1.54) is 10.9 Å². The van der Waals surface area contributed by atoms with Crippen LogP contribution in [0.15, 0.2) is 36.7 Å². The normalized spacial score (nSPS) is 11.2. The van der Waals surface area contributed by atoms with E-state index in [0.29, 0.717) is 31.1 Å². The fourth-order valence-corrected chi connectivity index (χ4v) is 3.21. The quantitative estimate of drug-likeness (QED) is 0.515. The highest BCUT2D eigenvalue weighted by Gasteiger charge is 2.18. The van der Waals surface area contributed by atoms with Gasteiger partial charge in [-0.25, -0.2) is 0 Å².